The highest BCUT2D eigenvalue weighted by molar-refractivity contribution is 8.01. The Balaban J connectivity index is 1.80. The van der Waals surface area contributed by atoms with E-state index in [4.69, 9.17) is 0 Å². The Hall–Kier alpha value is -0.920. The number of thioether (sulfide) groups is 1. The molecule has 2 rings (SSSR count). The van der Waals surface area contributed by atoms with Crippen LogP contribution < -0.4 is 0 Å². The zero-order valence-corrected chi connectivity index (χ0v) is 12.6. The van der Waals surface area contributed by atoms with Gasteiger partial charge in [0, 0.05) is 11.9 Å². The van der Waals surface area contributed by atoms with Gasteiger partial charge in [-0.05, 0) is 18.4 Å². The molecule has 1 amide bonds. The van der Waals surface area contributed by atoms with Crippen molar-refractivity contribution >= 4 is 40.3 Å². The van der Waals surface area contributed by atoms with Crippen LogP contribution in [0.25, 0.3) is 0 Å². The molecule has 2 aromatic rings. The van der Waals surface area contributed by atoms with Crippen LogP contribution in [0.5, 0.6) is 0 Å². The highest BCUT2D eigenvalue weighted by Gasteiger charge is 2.11. The van der Waals surface area contributed by atoms with Gasteiger partial charge in [0.2, 0.25) is 5.91 Å². The number of aryl methyl sites for hydroxylation is 1. The number of amides is 1. The summed E-state index contributed by atoms with van der Waals surface area (Å²) >= 11 is 4.63. The van der Waals surface area contributed by atoms with Crippen molar-refractivity contribution in [2.24, 2.45) is 0 Å². The zero-order chi connectivity index (χ0) is 13.0. The van der Waals surface area contributed by atoms with Crippen molar-refractivity contribution in [1.29, 1.82) is 0 Å². The lowest BCUT2D eigenvalue weighted by atomic mass is 10.4. The summed E-state index contributed by atoms with van der Waals surface area (Å²) in [6.07, 6.45) is 0. The fourth-order valence-corrected chi connectivity index (χ4v) is 3.81. The van der Waals surface area contributed by atoms with E-state index in [1.807, 2.05) is 31.5 Å². The number of thiophene rings is 1. The van der Waals surface area contributed by atoms with Crippen molar-refractivity contribution in [3.63, 3.8) is 0 Å². The van der Waals surface area contributed by atoms with Gasteiger partial charge in [-0.3, -0.25) is 4.79 Å². The first-order valence-corrected chi connectivity index (χ1v) is 8.02. The molecule has 7 heteroatoms. The van der Waals surface area contributed by atoms with Crippen LogP contribution in [0.4, 0.5) is 0 Å². The number of hydrogen-bond acceptors (Lipinski definition) is 6. The third kappa shape index (κ3) is 3.79. The summed E-state index contributed by atoms with van der Waals surface area (Å²) < 4.78 is 0.852. The quantitative estimate of drug-likeness (QED) is 0.796. The van der Waals surface area contributed by atoms with E-state index < -0.39 is 0 Å². The predicted octanol–water partition coefficient (Wildman–Crippen LogP) is 2.66. The molecular weight excluding hydrogens is 286 g/mol. The van der Waals surface area contributed by atoms with Crippen molar-refractivity contribution in [3.8, 4) is 0 Å². The molecule has 2 heterocycles. The average Bonchev–Trinajstić information content (AvgIpc) is 2.97. The van der Waals surface area contributed by atoms with Gasteiger partial charge in [0.15, 0.2) is 4.34 Å². The van der Waals surface area contributed by atoms with E-state index in [9.17, 15) is 4.79 Å². The molecule has 0 aliphatic heterocycles. The molecule has 0 aromatic carbocycles. The first-order chi connectivity index (χ1) is 8.65. The molecule has 0 saturated heterocycles. The van der Waals surface area contributed by atoms with E-state index in [0.717, 1.165) is 9.35 Å². The van der Waals surface area contributed by atoms with Crippen molar-refractivity contribution < 1.29 is 4.79 Å². The summed E-state index contributed by atoms with van der Waals surface area (Å²) in [7, 11) is 1.83. The van der Waals surface area contributed by atoms with Gasteiger partial charge in [-0.1, -0.05) is 29.2 Å². The topological polar surface area (TPSA) is 46.1 Å². The Labute approximate surface area is 118 Å². The summed E-state index contributed by atoms with van der Waals surface area (Å²) in [4.78, 5) is 14.9. The number of nitrogens with zero attached hydrogens (tertiary/aromatic N) is 3. The maximum atomic E-state index is 11.9. The number of aromatic nitrogens is 2. The Bertz CT molecular complexity index is 509. The standard InChI is InChI=1S/C11H13N3OS3/c1-8-12-13-11(18-8)17-7-10(15)14(2)6-9-4-3-5-16-9/h3-5H,6-7H2,1-2H3. The van der Waals surface area contributed by atoms with Crippen molar-refractivity contribution in [2.75, 3.05) is 12.8 Å². The lowest BCUT2D eigenvalue weighted by Gasteiger charge is -2.15. The first-order valence-electron chi connectivity index (χ1n) is 5.34. The SMILES string of the molecule is Cc1nnc(SCC(=O)N(C)Cc2cccs2)s1. The largest absolute Gasteiger partial charge is 0.340 e. The second-order valence-electron chi connectivity index (χ2n) is 3.70. The van der Waals surface area contributed by atoms with Gasteiger partial charge in [0.1, 0.15) is 5.01 Å². The Morgan fingerprint density at radius 2 is 2.33 bits per heavy atom. The molecule has 2 aromatic heterocycles. The van der Waals surface area contributed by atoms with E-state index in [1.165, 1.54) is 28.0 Å². The summed E-state index contributed by atoms with van der Waals surface area (Å²) in [5, 5.41) is 10.9. The smallest absolute Gasteiger partial charge is 0.233 e. The number of rotatable bonds is 5. The number of carbonyl (C=O) groups excluding carboxylic acids is 1. The fraction of sp³-hybridized carbons (Fsp3) is 0.364. The van der Waals surface area contributed by atoms with E-state index in [2.05, 4.69) is 10.2 Å². The van der Waals surface area contributed by atoms with Gasteiger partial charge in [-0.15, -0.1) is 21.5 Å². The normalized spacial score (nSPS) is 10.6. The zero-order valence-electron chi connectivity index (χ0n) is 10.1. The van der Waals surface area contributed by atoms with Crippen molar-refractivity contribution in [1.82, 2.24) is 15.1 Å². The number of hydrogen-bond donors (Lipinski definition) is 0. The van der Waals surface area contributed by atoms with Crippen molar-refractivity contribution in [3.05, 3.63) is 27.4 Å². The lowest BCUT2D eigenvalue weighted by molar-refractivity contribution is -0.127. The predicted molar refractivity (Wildman–Crippen MR) is 76.2 cm³/mol. The molecular formula is C11H13N3OS3. The van der Waals surface area contributed by atoms with E-state index >= 15 is 0 Å². The van der Waals surface area contributed by atoms with Crippen LogP contribution in [-0.4, -0.2) is 33.8 Å². The molecule has 0 fully saturated rings. The van der Waals surface area contributed by atoms with Gasteiger partial charge in [-0.2, -0.15) is 0 Å². The van der Waals surface area contributed by atoms with E-state index in [0.29, 0.717) is 12.3 Å². The second kappa shape index (κ2) is 6.31. The van der Waals surface area contributed by atoms with Gasteiger partial charge in [-0.25, -0.2) is 0 Å². The second-order valence-corrected chi connectivity index (χ2v) is 7.14. The van der Waals surface area contributed by atoms with Crippen LogP contribution in [0.1, 0.15) is 9.88 Å². The molecule has 96 valence electrons. The molecule has 0 saturated carbocycles. The van der Waals surface area contributed by atoms with E-state index in [1.54, 1.807) is 16.2 Å². The first kappa shape index (κ1) is 13.5. The van der Waals surface area contributed by atoms with Gasteiger partial charge in [0.05, 0.1) is 12.3 Å². The van der Waals surface area contributed by atoms with Crippen LogP contribution in [0.2, 0.25) is 0 Å². The third-order valence-electron chi connectivity index (χ3n) is 2.23. The number of carbonyl (C=O) groups is 1. The average molecular weight is 299 g/mol. The molecule has 0 aliphatic rings. The fourth-order valence-electron chi connectivity index (χ4n) is 1.29. The minimum atomic E-state index is 0.112. The Morgan fingerprint density at radius 3 is 2.94 bits per heavy atom. The highest BCUT2D eigenvalue weighted by atomic mass is 32.2. The minimum absolute atomic E-state index is 0.112. The molecule has 0 unspecified atom stereocenters. The van der Waals surface area contributed by atoms with Crippen LogP contribution in [0.3, 0.4) is 0 Å². The van der Waals surface area contributed by atoms with Crippen LogP contribution in [0, 0.1) is 6.92 Å². The molecule has 0 spiro atoms. The van der Waals surface area contributed by atoms with Crippen LogP contribution >= 0.6 is 34.4 Å². The van der Waals surface area contributed by atoms with Gasteiger partial charge >= 0.3 is 0 Å². The molecule has 0 bridgehead atoms. The maximum absolute atomic E-state index is 11.9. The third-order valence-corrected chi connectivity index (χ3v) is 5.04. The molecule has 0 N–H and O–H groups in total. The van der Waals surface area contributed by atoms with Crippen molar-refractivity contribution in [2.45, 2.75) is 17.8 Å². The molecule has 0 atom stereocenters. The summed E-state index contributed by atoms with van der Waals surface area (Å²) in [6.45, 7) is 2.58. The van der Waals surface area contributed by atoms with Gasteiger partial charge < -0.3 is 4.90 Å². The van der Waals surface area contributed by atoms with Crippen LogP contribution in [0.15, 0.2) is 21.9 Å². The van der Waals surface area contributed by atoms with Crippen LogP contribution in [-0.2, 0) is 11.3 Å². The summed E-state index contributed by atoms with van der Waals surface area (Å²) in [5.74, 6) is 0.525. The summed E-state index contributed by atoms with van der Waals surface area (Å²) in [6, 6.07) is 4.03. The highest BCUT2D eigenvalue weighted by Crippen LogP contribution is 2.22. The lowest BCUT2D eigenvalue weighted by Crippen LogP contribution is -2.27. The molecule has 0 radical (unpaired) electrons. The van der Waals surface area contributed by atoms with E-state index in [-0.39, 0.29) is 5.91 Å². The maximum Gasteiger partial charge on any atom is 0.233 e. The molecule has 0 aliphatic carbocycles. The Morgan fingerprint density at radius 1 is 1.50 bits per heavy atom. The Kier molecular flexibility index (Phi) is 4.73. The monoisotopic (exact) mass is 299 g/mol. The molecule has 18 heavy (non-hydrogen) atoms. The van der Waals surface area contributed by atoms with Gasteiger partial charge in [0.25, 0.3) is 0 Å². The molecule has 4 nitrogen and oxygen atoms in total. The summed E-state index contributed by atoms with van der Waals surface area (Å²) in [5.41, 5.74) is 0. The minimum Gasteiger partial charge on any atom is -0.340 e.